The van der Waals surface area contributed by atoms with Crippen LogP contribution < -0.4 is 10.1 Å². The van der Waals surface area contributed by atoms with Gasteiger partial charge in [-0.05, 0) is 12.1 Å². The number of aliphatic hydroxyl groups is 1. The van der Waals surface area contributed by atoms with Crippen LogP contribution in [0.3, 0.4) is 0 Å². The summed E-state index contributed by atoms with van der Waals surface area (Å²) >= 11 is 0. The largest absolute Gasteiger partial charge is 0.484 e. The number of amides is 1. The summed E-state index contributed by atoms with van der Waals surface area (Å²) in [6.07, 6.45) is -0.756. The number of halogens is 1. The second-order valence-electron chi connectivity index (χ2n) is 3.66. The van der Waals surface area contributed by atoms with Gasteiger partial charge in [-0.15, -0.1) is 0 Å². The third-order valence-corrected chi connectivity index (χ3v) is 2.06. The van der Waals surface area contributed by atoms with E-state index in [1.165, 1.54) is 25.3 Å². The second-order valence-corrected chi connectivity index (χ2v) is 3.66. The number of carbonyl (C=O) groups excluding carboxylic acids is 1. The van der Waals surface area contributed by atoms with Crippen molar-refractivity contribution in [3.63, 3.8) is 0 Å². The highest BCUT2D eigenvalue weighted by Gasteiger charge is 2.07. The number of hydrogen-bond acceptors (Lipinski definition) is 4. The number of aliphatic hydroxyl groups excluding tert-OH is 1. The predicted molar refractivity (Wildman–Crippen MR) is 62.8 cm³/mol. The SMILES string of the molecule is COCC(O)CNC(=O)COc1cccc(F)c1. The van der Waals surface area contributed by atoms with Crippen molar-refractivity contribution in [3.8, 4) is 5.75 Å². The topological polar surface area (TPSA) is 67.8 Å². The first-order valence-corrected chi connectivity index (χ1v) is 5.44. The highest BCUT2D eigenvalue weighted by molar-refractivity contribution is 5.77. The lowest BCUT2D eigenvalue weighted by Gasteiger charge is -2.11. The van der Waals surface area contributed by atoms with Crippen LogP contribution in [0.4, 0.5) is 4.39 Å². The van der Waals surface area contributed by atoms with Gasteiger partial charge in [0.1, 0.15) is 11.6 Å². The maximum atomic E-state index is 12.8. The van der Waals surface area contributed by atoms with Crippen LogP contribution in [0.25, 0.3) is 0 Å². The molecule has 0 aliphatic rings. The molecule has 0 heterocycles. The van der Waals surface area contributed by atoms with E-state index >= 15 is 0 Å². The van der Waals surface area contributed by atoms with Crippen molar-refractivity contribution in [1.82, 2.24) is 5.32 Å². The summed E-state index contributed by atoms with van der Waals surface area (Å²) in [5.74, 6) is -0.541. The third kappa shape index (κ3) is 5.60. The van der Waals surface area contributed by atoms with Gasteiger partial charge in [0.25, 0.3) is 5.91 Å². The van der Waals surface area contributed by atoms with Crippen LogP contribution in [0.15, 0.2) is 24.3 Å². The fourth-order valence-corrected chi connectivity index (χ4v) is 1.24. The average Bonchev–Trinajstić information content (AvgIpc) is 2.34. The van der Waals surface area contributed by atoms with Crippen LogP contribution in [-0.4, -0.2) is 44.0 Å². The Morgan fingerprint density at radius 3 is 3.00 bits per heavy atom. The van der Waals surface area contributed by atoms with Gasteiger partial charge in [-0.3, -0.25) is 4.79 Å². The number of rotatable bonds is 7. The molecule has 0 fully saturated rings. The summed E-state index contributed by atoms with van der Waals surface area (Å²) in [5, 5.41) is 11.8. The van der Waals surface area contributed by atoms with Crippen LogP contribution >= 0.6 is 0 Å². The summed E-state index contributed by atoms with van der Waals surface area (Å²) in [5.41, 5.74) is 0. The van der Waals surface area contributed by atoms with E-state index in [0.29, 0.717) is 0 Å². The van der Waals surface area contributed by atoms with Gasteiger partial charge in [-0.2, -0.15) is 0 Å². The van der Waals surface area contributed by atoms with Crippen LogP contribution in [-0.2, 0) is 9.53 Å². The molecular weight excluding hydrogens is 241 g/mol. The quantitative estimate of drug-likeness (QED) is 0.738. The van der Waals surface area contributed by atoms with E-state index < -0.39 is 17.8 Å². The molecule has 0 aliphatic heterocycles. The normalized spacial score (nSPS) is 11.9. The molecule has 0 radical (unpaired) electrons. The van der Waals surface area contributed by atoms with Gasteiger partial charge in [0.15, 0.2) is 6.61 Å². The van der Waals surface area contributed by atoms with Crippen molar-refractivity contribution in [2.45, 2.75) is 6.10 Å². The van der Waals surface area contributed by atoms with Crippen molar-refractivity contribution in [1.29, 1.82) is 0 Å². The molecule has 0 aromatic heterocycles. The summed E-state index contributed by atoms with van der Waals surface area (Å²) in [6, 6.07) is 5.52. The molecule has 1 amide bonds. The number of hydrogen-bond donors (Lipinski definition) is 2. The number of ether oxygens (including phenoxy) is 2. The highest BCUT2D eigenvalue weighted by Crippen LogP contribution is 2.11. The molecule has 0 saturated carbocycles. The van der Waals surface area contributed by atoms with E-state index in [1.807, 2.05) is 0 Å². The fourth-order valence-electron chi connectivity index (χ4n) is 1.24. The summed E-state index contributed by atoms with van der Waals surface area (Å²) < 4.78 is 22.6. The van der Waals surface area contributed by atoms with Crippen molar-refractivity contribution in [2.24, 2.45) is 0 Å². The molecule has 2 N–H and O–H groups in total. The minimum Gasteiger partial charge on any atom is -0.484 e. The molecule has 0 bridgehead atoms. The molecule has 1 rings (SSSR count). The smallest absolute Gasteiger partial charge is 0.258 e. The Kier molecular flexibility index (Phi) is 6.10. The molecule has 0 saturated heterocycles. The minimum atomic E-state index is -0.756. The van der Waals surface area contributed by atoms with E-state index in [2.05, 4.69) is 5.32 Å². The lowest BCUT2D eigenvalue weighted by molar-refractivity contribution is -0.123. The average molecular weight is 257 g/mol. The Labute approximate surface area is 105 Å². The zero-order valence-corrected chi connectivity index (χ0v) is 10.1. The summed E-state index contributed by atoms with van der Waals surface area (Å²) in [7, 11) is 1.46. The molecule has 1 unspecified atom stereocenters. The number of benzene rings is 1. The molecule has 1 aromatic carbocycles. The third-order valence-electron chi connectivity index (χ3n) is 2.06. The first-order valence-electron chi connectivity index (χ1n) is 5.44. The minimum absolute atomic E-state index is 0.0825. The molecular formula is C12H16FNO4. The molecule has 5 nitrogen and oxygen atoms in total. The molecule has 18 heavy (non-hydrogen) atoms. The van der Waals surface area contributed by atoms with E-state index in [-0.39, 0.29) is 25.5 Å². The Morgan fingerprint density at radius 1 is 1.56 bits per heavy atom. The first-order chi connectivity index (χ1) is 8.61. The summed E-state index contributed by atoms with van der Waals surface area (Å²) in [4.78, 5) is 11.3. The Balaban J connectivity index is 2.25. The monoisotopic (exact) mass is 257 g/mol. The lowest BCUT2D eigenvalue weighted by atomic mass is 10.3. The van der Waals surface area contributed by atoms with E-state index in [0.717, 1.165) is 0 Å². The number of carbonyl (C=O) groups is 1. The van der Waals surface area contributed by atoms with Gasteiger partial charge in [0.2, 0.25) is 0 Å². The molecule has 6 heteroatoms. The van der Waals surface area contributed by atoms with Crippen LogP contribution in [0.1, 0.15) is 0 Å². The summed E-state index contributed by atoms with van der Waals surface area (Å²) in [6.45, 7) is -0.00657. The first kappa shape index (κ1) is 14.4. The predicted octanol–water partition coefficient (Wildman–Crippen LogP) is 0.328. The zero-order valence-electron chi connectivity index (χ0n) is 10.1. The molecule has 1 atom stereocenters. The van der Waals surface area contributed by atoms with Gasteiger partial charge in [-0.1, -0.05) is 6.07 Å². The van der Waals surface area contributed by atoms with Crippen molar-refractivity contribution < 1.29 is 23.8 Å². The van der Waals surface area contributed by atoms with Crippen LogP contribution in [0.5, 0.6) is 5.75 Å². The molecule has 1 aromatic rings. The van der Waals surface area contributed by atoms with Gasteiger partial charge in [0, 0.05) is 19.7 Å². The highest BCUT2D eigenvalue weighted by atomic mass is 19.1. The van der Waals surface area contributed by atoms with Crippen molar-refractivity contribution in [2.75, 3.05) is 26.9 Å². The van der Waals surface area contributed by atoms with Crippen LogP contribution in [0.2, 0.25) is 0 Å². The van der Waals surface area contributed by atoms with E-state index in [9.17, 15) is 14.3 Å². The maximum absolute atomic E-state index is 12.8. The van der Waals surface area contributed by atoms with Gasteiger partial charge in [0.05, 0.1) is 12.7 Å². The zero-order chi connectivity index (χ0) is 13.4. The van der Waals surface area contributed by atoms with E-state index in [4.69, 9.17) is 9.47 Å². The van der Waals surface area contributed by atoms with Crippen molar-refractivity contribution >= 4 is 5.91 Å². The molecule has 0 aliphatic carbocycles. The Morgan fingerprint density at radius 2 is 2.33 bits per heavy atom. The van der Waals surface area contributed by atoms with Gasteiger partial charge in [-0.25, -0.2) is 4.39 Å². The van der Waals surface area contributed by atoms with Gasteiger partial charge >= 0.3 is 0 Å². The fraction of sp³-hybridized carbons (Fsp3) is 0.417. The Bertz CT molecular complexity index is 386. The number of methoxy groups -OCH3 is 1. The maximum Gasteiger partial charge on any atom is 0.258 e. The standard InChI is InChI=1S/C12H16FNO4/c1-17-7-10(15)6-14-12(16)8-18-11-4-2-3-9(13)5-11/h2-5,10,15H,6-8H2,1H3,(H,14,16). The molecule has 100 valence electrons. The molecule has 0 spiro atoms. The van der Waals surface area contributed by atoms with Crippen LogP contribution in [0, 0.1) is 5.82 Å². The lowest BCUT2D eigenvalue weighted by Crippen LogP contribution is -2.36. The van der Waals surface area contributed by atoms with Crippen molar-refractivity contribution in [3.05, 3.63) is 30.1 Å². The Hall–Kier alpha value is -1.66. The van der Waals surface area contributed by atoms with E-state index in [1.54, 1.807) is 6.07 Å². The van der Waals surface area contributed by atoms with Gasteiger partial charge < -0.3 is 19.9 Å². The number of nitrogens with one attached hydrogen (secondary N) is 1. The second kappa shape index (κ2) is 7.62.